The summed E-state index contributed by atoms with van der Waals surface area (Å²) in [5.74, 6) is -0.136. The number of aliphatic hydroxyl groups excluding tert-OH is 1. The van der Waals surface area contributed by atoms with E-state index in [1.807, 2.05) is 12.1 Å². The molecular formula is C15H15FO2. The van der Waals surface area contributed by atoms with Gasteiger partial charge >= 0.3 is 0 Å². The number of fused-ring (bicyclic) bond motifs is 1. The Bertz CT molecular complexity index is 561. The van der Waals surface area contributed by atoms with E-state index in [4.69, 9.17) is 4.74 Å². The van der Waals surface area contributed by atoms with Gasteiger partial charge in [0.15, 0.2) is 0 Å². The Labute approximate surface area is 105 Å². The van der Waals surface area contributed by atoms with E-state index in [0.29, 0.717) is 18.6 Å². The van der Waals surface area contributed by atoms with Crippen LogP contribution in [0.4, 0.5) is 4.39 Å². The van der Waals surface area contributed by atoms with Crippen LogP contribution in [0.2, 0.25) is 0 Å². The molecule has 1 fully saturated rings. The summed E-state index contributed by atoms with van der Waals surface area (Å²) >= 11 is 0. The summed E-state index contributed by atoms with van der Waals surface area (Å²) in [6.07, 6.45) is 0.269. The van der Waals surface area contributed by atoms with E-state index in [9.17, 15) is 9.50 Å². The molecule has 2 atom stereocenters. The fourth-order valence-corrected chi connectivity index (χ4v) is 2.60. The van der Waals surface area contributed by atoms with Crippen LogP contribution in [0, 0.1) is 11.7 Å². The lowest BCUT2D eigenvalue weighted by atomic mass is 9.91. The number of hydrogen-bond donors (Lipinski definition) is 1. The quantitative estimate of drug-likeness (QED) is 0.882. The predicted molar refractivity (Wildman–Crippen MR) is 67.8 cm³/mol. The van der Waals surface area contributed by atoms with Gasteiger partial charge in [-0.1, -0.05) is 30.3 Å². The first-order valence-electron chi connectivity index (χ1n) is 6.20. The van der Waals surface area contributed by atoms with E-state index >= 15 is 0 Å². The van der Waals surface area contributed by atoms with Crippen molar-refractivity contribution >= 4 is 10.8 Å². The fraction of sp³-hybridized carbons (Fsp3) is 0.333. The smallest absolute Gasteiger partial charge is 0.131 e. The first-order valence-corrected chi connectivity index (χ1v) is 6.20. The highest BCUT2D eigenvalue weighted by Crippen LogP contribution is 2.33. The van der Waals surface area contributed by atoms with Gasteiger partial charge in [-0.05, 0) is 23.4 Å². The highest BCUT2D eigenvalue weighted by Gasteiger charge is 2.26. The monoisotopic (exact) mass is 246 g/mol. The molecule has 2 unspecified atom stereocenters. The molecule has 1 aliphatic heterocycles. The van der Waals surface area contributed by atoms with E-state index in [1.54, 1.807) is 18.2 Å². The molecule has 1 N–H and O–H groups in total. The number of halogens is 1. The minimum Gasteiger partial charge on any atom is -0.388 e. The van der Waals surface area contributed by atoms with Crippen LogP contribution < -0.4 is 0 Å². The molecule has 2 nitrogen and oxygen atoms in total. The molecule has 18 heavy (non-hydrogen) atoms. The first kappa shape index (κ1) is 11.6. The largest absolute Gasteiger partial charge is 0.388 e. The van der Waals surface area contributed by atoms with Gasteiger partial charge in [-0.3, -0.25) is 0 Å². The van der Waals surface area contributed by atoms with Crippen molar-refractivity contribution in [2.45, 2.75) is 12.5 Å². The number of aliphatic hydroxyl groups is 1. The average molecular weight is 246 g/mol. The lowest BCUT2D eigenvalue weighted by molar-refractivity contribution is 0.0928. The molecule has 1 aliphatic rings. The summed E-state index contributed by atoms with van der Waals surface area (Å²) in [5, 5.41) is 11.8. The van der Waals surface area contributed by atoms with Gasteiger partial charge in [0.1, 0.15) is 5.82 Å². The minimum atomic E-state index is -0.585. The highest BCUT2D eigenvalue weighted by atomic mass is 19.1. The molecule has 2 aromatic rings. The lowest BCUT2D eigenvalue weighted by Gasteiger charge is -2.19. The van der Waals surface area contributed by atoms with Gasteiger partial charge in [-0.2, -0.15) is 0 Å². The molecule has 0 aliphatic carbocycles. The van der Waals surface area contributed by atoms with Crippen molar-refractivity contribution in [1.29, 1.82) is 0 Å². The van der Waals surface area contributed by atoms with Crippen LogP contribution in [0.3, 0.4) is 0 Å². The molecule has 0 amide bonds. The fourth-order valence-electron chi connectivity index (χ4n) is 2.60. The maximum Gasteiger partial charge on any atom is 0.131 e. The Balaban J connectivity index is 2.08. The summed E-state index contributed by atoms with van der Waals surface area (Å²) in [7, 11) is 0. The van der Waals surface area contributed by atoms with Crippen LogP contribution in [0.1, 0.15) is 18.1 Å². The second kappa shape index (κ2) is 4.67. The third kappa shape index (κ3) is 1.89. The van der Waals surface area contributed by atoms with Gasteiger partial charge in [0.05, 0.1) is 12.7 Å². The van der Waals surface area contributed by atoms with Gasteiger partial charge in [-0.25, -0.2) is 4.39 Å². The van der Waals surface area contributed by atoms with Crippen molar-refractivity contribution < 1.29 is 14.2 Å². The molecule has 3 rings (SSSR count). The van der Waals surface area contributed by atoms with Gasteiger partial charge < -0.3 is 9.84 Å². The zero-order valence-electron chi connectivity index (χ0n) is 9.97. The van der Waals surface area contributed by atoms with Crippen molar-refractivity contribution in [1.82, 2.24) is 0 Å². The van der Waals surface area contributed by atoms with Crippen molar-refractivity contribution in [2.24, 2.45) is 5.92 Å². The molecule has 1 heterocycles. The number of hydrogen-bond acceptors (Lipinski definition) is 2. The second-order valence-corrected chi connectivity index (χ2v) is 4.75. The first-order chi connectivity index (χ1) is 8.77. The summed E-state index contributed by atoms with van der Waals surface area (Å²) in [6, 6.07) is 10.4. The van der Waals surface area contributed by atoms with Gasteiger partial charge in [0.25, 0.3) is 0 Å². The van der Waals surface area contributed by atoms with Crippen LogP contribution >= 0.6 is 0 Å². The van der Waals surface area contributed by atoms with Crippen molar-refractivity contribution in [2.75, 3.05) is 13.2 Å². The number of rotatable bonds is 2. The molecule has 3 heteroatoms. The van der Waals surface area contributed by atoms with E-state index in [-0.39, 0.29) is 11.7 Å². The van der Waals surface area contributed by atoms with Crippen molar-refractivity contribution in [3.8, 4) is 0 Å². The molecule has 0 radical (unpaired) electrons. The SMILES string of the molecule is OC(c1ccc(F)c2ccccc12)C1CCOC1. The van der Waals surface area contributed by atoms with Crippen LogP contribution in [0.25, 0.3) is 10.8 Å². The second-order valence-electron chi connectivity index (χ2n) is 4.75. The summed E-state index contributed by atoms with van der Waals surface area (Å²) in [6.45, 7) is 1.27. The topological polar surface area (TPSA) is 29.5 Å². The van der Waals surface area contributed by atoms with Crippen LogP contribution in [-0.2, 0) is 4.74 Å². The maximum absolute atomic E-state index is 13.7. The van der Waals surface area contributed by atoms with E-state index in [2.05, 4.69) is 0 Å². The molecule has 1 saturated heterocycles. The van der Waals surface area contributed by atoms with Crippen LogP contribution in [-0.4, -0.2) is 18.3 Å². The van der Waals surface area contributed by atoms with Crippen molar-refractivity contribution in [3.63, 3.8) is 0 Å². The van der Waals surface area contributed by atoms with Crippen LogP contribution in [0.15, 0.2) is 36.4 Å². The zero-order valence-corrected chi connectivity index (χ0v) is 9.97. The molecule has 94 valence electrons. The van der Waals surface area contributed by atoms with Gasteiger partial charge in [-0.15, -0.1) is 0 Å². The molecule has 0 bridgehead atoms. The Kier molecular flexibility index (Phi) is 3.02. The maximum atomic E-state index is 13.7. The van der Waals surface area contributed by atoms with Crippen molar-refractivity contribution in [3.05, 3.63) is 47.8 Å². The Hall–Kier alpha value is -1.45. The number of benzene rings is 2. The average Bonchev–Trinajstić information content (AvgIpc) is 2.93. The normalized spacial score (nSPS) is 21.3. The summed E-state index contributed by atoms with van der Waals surface area (Å²) in [5.41, 5.74) is 0.794. The minimum absolute atomic E-state index is 0.110. The van der Waals surface area contributed by atoms with Gasteiger partial charge in [0, 0.05) is 17.9 Å². The number of ether oxygens (including phenoxy) is 1. The molecular weight excluding hydrogens is 231 g/mol. The van der Waals surface area contributed by atoms with Gasteiger partial charge in [0.2, 0.25) is 0 Å². The Morgan fingerprint density at radius 3 is 2.67 bits per heavy atom. The molecule has 0 aromatic heterocycles. The Morgan fingerprint density at radius 2 is 1.94 bits per heavy atom. The highest BCUT2D eigenvalue weighted by molar-refractivity contribution is 5.86. The molecule has 2 aromatic carbocycles. The Morgan fingerprint density at radius 1 is 1.17 bits per heavy atom. The predicted octanol–water partition coefficient (Wildman–Crippen LogP) is 3.05. The third-order valence-corrected chi connectivity index (χ3v) is 3.63. The summed E-state index contributed by atoms with van der Waals surface area (Å²) in [4.78, 5) is 0. The van der Waals surface area contributed by atoms with Crippen LogP contribution in [0.5, 0.6) is 0 Å². The van der Waals surface area contributed by atoms with E-state index < -0.39 is 6.10 Å². The van der Waals surface area contributed by atoms with E-state index in [0.717, 1.165) is 17.4 Å². The zero-order chi connectivity index (χ0) is 12.5. The van der Waals surface area contributed by atoms with E-state index in [1.165, 1.54) is 6.07 Å². The molecule has 0 saturated carbocycles. The molecule has 0 spiro atoms. The standard InChI is InChI=1S/C15H15FO2/c16-14-6-5-13(11-3-1-2-4-12(11)14)15(17)10-7-8-18-9-10/h1-6,10,15,17H,7-9H2. The third-order valence-electron chi connectivity index (χ3n) is 3.63. The lowest BCUT2D eigenvalue weighted by Crippen LogP contribution is -2.13. The summed E-state index contributed by atoms with van der Waals surface area (Å²) < 4.78 is 19.0.